The Bertz CT molecular complexity index is 472. The van der Waals surface area contributed by atoms with Crippen molar-refractivity contribution in [2.75, 3.05) is 39.5 Å². The number of carbonyl (C=O) groups is 4. The lowest BCUT2D eigenvalue weighted by molar-refractivity contribution is -0.142. The third-order valence-electron chi connectivity index (χ3n) is 4.23. The molecule has 0 spiro atoms. The summed E-state index contributed by atoms with van der Waals surface area (Å²) in [5.41, 5.74) is 0. The molecule has 160 valence electrons. The smallest absolute Gasteiger partial charge is 0.407 e. The molecule has 0 aromatic heterocycles. The van der Waals surface area contributed by atoms with E-state index in [1.165, 1.54) is 0 Å². The molecule has 1 saturated carbocycles. The Hall–Kier alpha value is -2.52. The van der Waals surface area contributed by atoms with Gasteiger partial charge in [0.1, 0.15) is 13.1 Å². The zero-order valence-electron chi connectivity index (χ0n) is 16.5. The van der Waals surface area contributed by atoms with Gasteiger partial charge in [-0.15, -0.1) is 0 Å². The minimum atomic E-state index is -0.642. The van der Waals surface area contributed by atoms with E-state index in [4.69, 9.17) is 18.9 Å². The summed E-state index contributed by atoms with van der Waals surface area (Å²) >= 11 is 0. The molecular formula is C18H30N2O8. The van der Waals surface area contributed by atoms with Crippen LogP contribution in [0.3, 0.4) is 0 Å². The van der Waals surface area contributed by atoms with Gasteiger partial charge in [-0.05, 0) is 51.4 Å². The maximum Gasteiger partial charge on any atom is 0.407 e. The molecule has 1 aliphatic carbocycles. The van der Waals surface area contributed by atoms with Crippen LogP contribution >= 0.6 is 0 Å². The number of hydrogen-bond acceptors (Lipinski definition) is 8. The minimum Gasteiger partial charge on any atom is -0.465 e. The van der Waals surface area contributed by atoms with Crippen LogP contribution in [0.1, 0.15) is 39.5 Å². The van der Waals surface area contributed by atoms with Gasteiger partial charge in [-0.2, -0.15) is 0 Å². The fraction of sp³-hybridized carbons (Fsp3) is 0.778. The van der Waals surface area contributed by atoms with Crippen molar-refractivity contribution in [3.05, 3.63) is 0 Å². The molecule has 2 N–H and O–H groups in total. The molecule has 0 heterocycles. The average molecular weight is 402 g/mol. The second-order valence-corrected chi connectivity index (χ2v) is 6.40. The standard InChI is InChI=1S/C18H30N2O8/c1-3-25-15(21)9-19-17(23)27-11-13-5-7-14(8-6-13)12-28-18(24)20-10-16(22)26-4-2/h13-14H,3-12H2,1-2H3,(H,19,23)(H,20,24). The van der Waals surface area contributed by atoms with Gasteiger partial charge in [0.25, 0.3) is 0 Å². The molecule has 10 heteroatoms. The third-order valence-corrected chi connectivity index (χ3v) is 4.23. The molecule has 0 saturated heterocycles. The highest BCUT2D eigenvalue weighted by Crippen LogP contribution is 2.29. The largest absolute Gasteiger partial charge is 0.465 e. The molecule has 0 aliphatic heterocycles. The van der Waals surface area contributed by atoms with E-state index in [0.29, 0.717) is 0 Å². The molecule has 2 amide bonds. The van der Waals surface area contributed by atoms with E-state index in [1.807, 2.05) is 0 Å². The Labute approximate surface area is 164 Å². The van der Waals surface area contributed by atoms with Crippen molar-refractivity contribution < 1.29 is 38.1 Å². The van der Waals surface area contributed by atoms with E-state index in [2.05, 4.69) is 10.6 Å². The molecule has 1 rings (SSSR count). The first-order valence-electron chi connectivity index (χ1n) is 9.57. The lowest BCUT2D eigenvalue weighted by Crippen LogP contribution is -2.33. The molecule has 10 nitrogen and oxygen atoms in total. The van der Waals surface area contributed by atoms with Crippen molar-refractivity contribution in [3.8, 4) is 0 Å². The topological polar surface area (TPSA) is 129 Å². The normalized spacial score (nSPS) is 18.5. The van der Waals surface area contributed by atoms with Crippen molar-refractivity contribution in [2.45, 2.75) is 39.5 Å². The van der Waals surface area contributed by atoms with Crippen molar-refractivity contribution in [2.24, 2.45) is 11.8 Å². The lowest BCUT2D eigenvalue weighted by atomic mass is 9.83. The van der Waals surface area contributed by atoms with Gasteiger partial charge in [0.05, 0.1) is 26.4 Å². The highest BCUT2D eigenvalue weighted by molar-refractivity contribution is 5.78. The molecule has 0 aromatic carbocycles. The molecule has 1 fully saturated rings. The molecule has 1 aliphatic rings. The van der Waals surface area contributed by atoms with E-state index in [9.17, 15) is 19.2 Å². The number of carbonyl (C=O) groups excluding carboxylic acids is 4. The zero-order chi connectivity index (χ0) is 20.8. The molecule has 28 heavy (non-hydrogen) atoms. The third kappa shape index (κ3) is 10.6. The maximum atomic E-state index is 11.5. The van der Waals surface area contributed by atoms with Gasteiger partial charge in [-0.25, -0.2) is 9.59 Å². The number of esters is 2. The van der Waals surface area contributed by atoms with Crippen LogP contribution in [0.25, 0.3) is 0 Å². The number of hydrogen-bond donors (Lipinski definition) is 2. The molecule has 0 atom stereocenters. The van der Waals surface area contributed by atoms with Crippen molar-refractivity contribution in [1.82, 2.24) is 10.6 Å². The molecule has 0 radical (unpaired) electrons. The highest BCUT2D eigenvalue weighted by atomic mass is 16.6. The van der Waals surface area contributed by atoms with Crippen molar-refractivity contribution >= 4 is 24.1 Å². The molecule has 0 aromatic rings. The summed E-state index contributed by atoms with van der Waals surface area (Å²) in [5.74, 6) is -0.540. The molecular weight excluding hydrogens is 372 g/mol. The van der Waals surface area contributed by atoms with Crippen LogP contribution in [0, 0.1) is 11.8 Å². The van der Waals surface area contributed by atoms with Gasteiger partial charge in [0.15, 0.2) is 0 Å². The number of rotatable bonds is 10. The minimum absolute atomic E-state index is 0.213. The van der Waals surface area contributed by atoms with Gasteiger partial charge >= 0.3 is 24.1 Å². The number of alkyl carbamates (subject to hydrolysis) is 2. The van der Waals surface area contributed by atoms with Crippen LogP contribution in [0.2, 0.25) is 0 Å². The SMILES string of the molecule is CCOC(=O)CNC(=O)OCC1CCC(COC(=O)NCC(=O)OCC)CC1. The summed E-state index contributed by atoms with van der Waals surface area (Å²) in [6.45, 7) is 4.03. The monoisotopic (exact) mass is 402 g/mol. The predicted molar refractivity (Wildman–Crippen MR) is 97.4 cm³/mol. The molecule has 0 bridgehead atoms. The fourth-order valence-corrected chi connectivity index (χ4v) is 2.77. The van der Waals surface area contributed by atoms with Gasteiger partial charge in [0.2, 0.25) is 0 Å². The number of nitrogens with one attached hydrogen (secondary N) is 2. The van der Waals surface area contributed by atoms with Gasteiger partial charge in [-0.1, -0.05) is 0 Å². The second-order valence-electron chi connectivity index (χ2n) is 6.40. The van der Waals surface area contributed by atoms with Crippen LogP contribution < -0.4 is 10.6 Å². The molecule has 0 unspecified atom stereocenters. The van der Waals surface area contributed by atoms with Gasteiger partial charge in [0, 0.05) is 0 Å². The Morgan fingerprint density at radius 2 is 1.04 bits per heavy atom. The Kier molecular flexibility index (Phi) is 11.4. The second kappa shape index (κ2) is 13.6. The van der Waals surface area contributed by atoms with E-state index in [-0.39, 0.29) is 51.4 Å². The maximum absolute atomic E-state index is 11.5. The van der Waals surface area contributed by atoms with Crippen LogP contribution in [-0.2, 0) is 28.5 Å². The first kappa shape index (κ1) is 23.5. The lowest BCUT2D eigenvalue weighted by Gasteiger charge is -2.27. The van der Waals surface area contributed by atoms with E-state index in [0.717, 1.165) is 25.7 Å². The average Bonchev–Trinajstić information content (AvgIpc) is 2.69. The van der Waals surface area contributed by atoms with Crippen LogP contribution in [0.5, 0.6) is 0 Å². The van der Waals surface area contributed by atoms with Gasteiger partial charge in [-0.3, -0.25) is 9.59 Å². The first-order valence-corrected chi connectivity index (χ1v) is 9.57. The van der Waals surface area contributed by atoms with Crippen molar-refractivity contribution in [1.29, 1.82) is 0 Å². The Balaban J connectivity index is 2.10. The summed E-state index contributed by atoms with van der Waals surface area (Å²) in [6.07, 6.45) is 2.12. The van der Waals surface area contributed by atoms with Gasteiger partial charge < -0.3 is 29.6 Å². The van der Waals surface area contributed by atoms with E-state index < -0.39 is 24.1 Å². The van der Waals surface area contributed by atoms with Crippen LogP contribution in [0.4, 0.5) is 9.59 Å². The summed E-state index contributed by atoms with van der Waals surface area (Å²) in [6, 6.07) is 0. The first-order chi connectivity index (χ1) is 13.4. The number of amides is 2. The zero-order valence-corrected chi connectivity index (χ0v) is 16.5. The quantitative estimate of drug-likeness (QED) is 0.414. The summed E-state index contributed by atoms with van der Waals surface area (Å²) in [5, 5.41) is 4.69. The van der Waals surface area contributed by atoms with E-state index in [1.54, 1.807) is 13.8 Å². The Morgan fingerprint density at radius 3 is 1.36 bits per heavy atom. The summed E-state index contributed by atoms with van der Waals surface area (Å²) in [4.78, 5) is 45.4. The fourth-order valence-electron chi connectivity index (χ4n) is 2.77. The van der Waals surface area contributed by atoms with Crippen LogP contribution in [-0.4, -0.2) is 63.6 Å². The number of ether oxygens (including phenoxy) is 4. The highest BCUT2D eigenvalue weighted by Gasteiger charge is 2.23. The van der Waals surface area contributed by atoms with Crippen LogP contribution in [0.15, 0.2) is 0 Å². The Morgan fingerprint density at radius 1 is 0.679 bits per heavy atom. The van der Waals surface area contributed by atoms with Crippen molar-refractivity contribution in [3.63, 3.8) is 0 Å². The van der Waals surface area contributed by atoms with E-state index >= 15 is 0 Å². The summed E-state index contributed by atoms with van der Waals surface area (Å²) < 4.78 is 19.6. The summed E-state index contributed by atoms with van der Waals surface area (Å²) in [7, 11) is 0. The predicted octanol–water partition coefficient (Wildman–Crippen LogP) is 1.37.